The fourth-order valence-electron chi connectivity index (χ4n) is 1.74. The molecular formula is C11H16N6OS. The lowest BCUT2D eigenvalue weighted by molar-refractivity contribution is -0.116. The lowest BCUT2D eigenvalue weighted by atomic mass is 10.3. The summed E-state index contributed by atoms with van der Waals surface area (Å²) in [6.45, 7) is 2.19. The first-order valence-electron chi connectivity index (χ1n) is 6.03. The van der Waals surface area contributed by atoms with E-state index in [1.165, 1.54) is 0 Å². The Bertz CT molecular complexity index is 625. The van der Waals surface area contributed by atoms with Gasteiger partial charge in [-0.3, -0.25) is 19.1 Å². The summed E-state index contributed by atoms with van der Waals surface area (Å²) in [5.74, 6) is 1.15. The van der Waals surface area contributed by atoms with Gasteiger partial charge < -0.3 is 5.32 Å². The Hall–Kier alpha value is -1.96. The quantitative estimate of drug-likeness (QED) is 0.808. The van der Waals surface area contributed by atoms with Crippen LogP contribution >= 0.6 is 12.2 Å². The highest BCUT2D eigenvalue weighted by Gasteiger charge is 2.10. The molecule has 2 aromatic rings. The summed E-state index contributed by atoms with van der Waals surface area (Å²) in [5.41, 5.74) is 0. The Kier molecular flexibility index (Phi) is 4.10. The Morgan fingerprint density at radius 1 is 1.58 bits per heavy atom. The van der Waals surface area contributed by atoms with Crippen LogP contribution in [-0.2, 0) is 24.8 Å². The molecule has 0 atom stereocenters. The van der Waals surface area contributed by atoms with Gasteiger partial charge in [-0.15, -0.1) is 0 Å². The van der Waals surface area contributed by atoms with Gasteiger partial charge in [-0.2, -0.15) is 10.2 Å². The molecule has 19 heavy (non-hydrogen) atoms. The number of carbonyl (C=O) groups excluding carboxylic acids is 1. The van der Waals surface area contributed by atoms with Gasteiger partial charge in [0.15, 0.2) is 10.6 Å². The van der Waals surface area contributed by atoms with Crippen LogP contribution in [0.15, 0.2) is 12.3 Å². The van der Waals surface area contributed by atoms with E-state index in [9.17, 15) is 4.79 Å². The van der Waals surface area contributed by atoms with Gasteiger partial charge in [-0.05, 0) is 18.6 Å². The molecular weight excluding hydrogens is 264 g/mol. The number of hydrogen-bond acceptors (Lipinski definition) is 4. The van der Waals surface area contributed by atoms with Crippen LogP contribution in [-0.4, -0.2) is 30.5 Å². The van der Waals surface area contributed by atoms with Gasteiger partial charge in [0.25, 0.3) is 0 Å². The molecule has 0 spiro atoms. The molecule has 0 aliphatic heterocycles. The highest BCUT2D eigenvalue weighted by atomic mass is 32.1. The minimum atomic E-state index is -0.173. The van der Waals surface area contributed by atoms with Crippen LogP contribution in [0.1, 0.15) is 19.2 Å². The van der Waals surface area contributed by atoms with Crippen LogP contribution in [0.3, 0.4) is 0 Å². The van der Waals surface area contributed by atoms with Crippen LogP contribution in [0.4, 0.5) is 5.82 Å². The van der Waals surface area contributed by atoms with Gasteiger partial charge in [-0.1, -0.05) is 6.92 Å². The fourth-order valence-corrected chi connectivity index (χ4v) is 1.95. The predicted molar refractivity (Wildman–Crippen MR) is 73.2 cm³/mol. The monoisotopic (exact) mass is 280 g/mol. The SMILES string of the molecule is CCCc1n[nH]c(=S)n1CC(=O)Nc1ccn(C)n1. The molecule has 0 fully saturated rings. The zero-order valence-corrected chi connectivity index (χ0v) is 11.7. The molecule has 0 aliphatic rings. The number of nitrogens with one attached hydrogen (secondary N) is 2. The summed E-state index contributed by atoms with van der Waals surface area (Å²) in [6.07, 6.45) is 3.49. The number of amides is 1. The van der Waals surface area contributed by atoms with E-state index < -0.39 is 0 Å². The average Bonchev–Trinajstić information content (AvgIpc) is 2.90. The average molecular weight is 280 g/mol. The standard InChI is InChI=1S/C11H16N6OS/c1-3-4-9-13-14-11(19)17(9)7-10(18)12-8-5-6-16(2)15-8/h5-6H,3-4,7H2,1-2H3,(H,14,19)(H,12,15,18). The zero-order valence-electron chi connectivity index (χ0n) is 10.9. The molecule has 2 rings (SSSR count). The number of aryl methyl sites for hydroxylation is 2. The van der Waals surface area contributed by atoms with E-state index in [2.05, 4.69) is 27.5 Å². The second-order valence-electron chi connectivity index (χ2n) is 4.20. The molecule has 102 valence electrons. The maximum Gasteiger partial charge on any atom is 0.245 e. The van der Waals surface area contributed by atoms with Crippen molar-refractivity contribution < 1.29 is 4.79 Å². The summed E-state index contributed by atoms with van der Waals surface area (Å²) in [5, 5.41) is 13.6. The number of rotatable bonds is 5. The topological polar surface area (TPSA) is 80.5 Å². The van der Waals surface area contributed by atoms with Crippen LogP contribution in [0.5, 0.6) is 0 Å². The van der Waals surface area contributed by atoms with Gasteiger partial charge in [0.05, 0.1) is 0 Å². The molecule has 0 saturated carbocycles. The van der Waals surface area contributed by atoms with Crippen LogP contribution in [0.2, 0.25) is 0 Å². The molecule has 0 aliphatic carbocycles. The number of aromatic amines is 1. The van der Waals surface area contributed by atoms with Crippen molar-refractivity contribution in [2.45, 2.75) is 26.3 Å². The van der Waals surface area contributed by atoms with Gasteiger partial charge in [0.2, 0.25) is 5.91 Å². The van der Waals surface area contributed by atoms with Crippen molar-refractivity contribution in [3.8, 4) is 0 Å². The molecule has 0 unspecified atom stereocenters. The smallest absolute Gasteiger partial charge is 0.245 e. The van der Waals surface area contributed by atoms with E-state index in [1.807, 2.05) is 0 Å². The van der Waals surface area contributed by atoms with E-state index >= 15 is 0 Å². The van der Waals surface area contributed by atoms with E-state index in [0.29, 0.717) is 10.6 Å². The van der Waals surface area contributed by atoms with E-state index in [0.717, 1.165) is 18.7 Å². The number of nitrogens with zero attached hydrogens (tertiary/aromatic N) is 4. The molecule has 2 N–H and O–H groups in total. The molecule has 2 heterocycles. The van der Waals surface area contributed by atoms with Crippen molar-refractivity contribution in [1.29, 1.82) is 0 Å². The minimum absolute atomic E-state index is 0.140. The Morgan fingerprint density at radius 2 is 2.37 bits per heavy atom. The number of anilines is 1. The highest BCUT2D eigenvalue weighted by molar-refractivity contribution is 7.71. The van der Waals surface area contributed by atoms with Crippen molar-refractivity contribution in [3.05, 3.63) is 22.9 Å². The van der Waals surface area contributed by atoms with Crippen molar-refractivity contribution in [2.24, 2.45) is 7.05 Å². The van der Waals surface area contributed by atoms with Crippen molar-refractivity contribution in [2.75, 3.05) is 5.32 Å². The zero-order chi connectivity index (χ0) is 13.8. The lowest BCUT2D eigenvalue weighted by Crippen LogP contribution is -2.20. The predicted octanol–water partition coefficient (Wildman–Crippen LogP) is 1.27. The summed E-state index contributed by atoms with van der Waals surface area (Å²) in [7, 11) is 1.79. The Balaban J connectivity index is 2.06. The maximum atomic E-state index is 11.9. The molecule has 7 nitrogen and oxygen atoms in total. The van der Waals surface area contributed by atoms with Crippen molar-refractivity contribution in [1.82, 2.24) is 24.5 Å². The number of carbonyl (C=O) groups is 1. The van der Waals surface area contributed by atoms with Crippen molar-refractivity contribution >= 4 is 23.9 Å². The third-order valence-electron chi connectivity index (χ3n) is 2.59. The summed E-state index contributed by atoms with van der Waals surface area (Å²) < 4.78 is 3.79. The van der Waals surface area contributed by atoms with Gasteiger partial charge >= 0.3 is 0 Å². The van der Waals surface area contributed by atoms with Gasteiger partial charge in [-0.25, -0.2) is 0 Å². The van der Waals surface area contributed by atoms with Crippen molar-refractivity contribution in [3.63, 3.8) is 0 Å². The first-order chi connectivity index (χ1) is 9.10. The number of aromatic nitrogens is 5. The molecule has 0 bridgehead atoms. The summed E-state index contributed by atoms with van der Waals surface area (Å²) >= 11 is 5.12. The molecule has 2 aromatic heterocycles. The van der Waals surface area contributed by atoms with E-state index in [4.69, 9.17) is 12.2 Å². The molecule has 1 amide bonds. The fraction of sp³-hybridized carbons (Fsp3) is 0.455. The summed E-state index contributed by atoms with van der Waals surface area (Å²) in [6, 6.07) is 1.74. The Labute approximate surface area is 115 Å². The highest BCUT2D eigenvalue weighted by Crippen LogP contribution is 2.04. The molecule has 8 heteroatoms. The normalized spacial score (nSPS) is 10.6. The van der Waals surface area contributed by atoms with E-state index in [1.54, 1.807) is 28.6 Å². The van der Waals surface area contributed by atoms with Gasteiger partial charge in [0, 0.05) is 25.7 Å². The minimum Gasteiger partial charge on any atom is -0.308 e. The summed E-state index contributed by atoms with van der Waals surface area (Å²) in [4.78, 5) is 11.9. The molecule has 0 saturated heterocycles. The largest absolute Gasteiger partial charge is 0.308 e. The van der Waals surface area contributed by atoms with Crippen LogP contribution in [0, 0.1) is 4.77 Å². The third-order valence-corrected chi connectivity index (χ3v) is 2.91. The van der Waals surface area contributed by atoms with Crippen LogP contribution < -0.4 is 5.32 Å². The second-order valence-corrected chi connectivity index (χ2v) is 4.59. The second kappa shape index (κ2) is 5.79. The van der Waals surface area contributed by atoms with Crippen LogP contribution in [0.25, 0.3) is 0 Å². The molecule has 0 radical (unpaired) electrons. The number of hydrogen-bond donors (Lipinski definition) is 2. The Morgan fingerprint density at radius 3 is 3.00 bits per heavy atom. The number of H-pyrrole nitrogens is 1. The first kappa shape index (κ1) is 13.5. The first-order valence-corrected chi connectivity index (χ1v) is 6.44. The molecule has 0 aromatic carbocycles. The maximum absolute atomic E-state index is 11.9. The van der Waals surface area contributed by atoms with E-state index in [-0.39, 0.29) is 12.5 Å². The third kappa shape index (κ3) is 3.28. The lowest BCUT2D eigenvalue weighted by Gasteiger charge is -2.05. The van der Waals surface area contributed by atoms with Gasteiger partial charge in [0.1, 0.15) is 12.4 Å².